The zero-order valence-electron chi connectivity index (χ0n) is 18.5. The van der Waals surface area contributed by atoms with Crippen LogP contribution in [0.4, 0.5) is 13.2 Å². The zero-order valence-corrected chi connectivity index (χ0v) is 18.5. The molecule has 0 heterocycles. The van der Waals surface area contributed by atoms with Crippen LogP contribution in [0.15, 0.2) is 72.8 Å². The van der Waals surface area contributed by atoms with Crippen LogP contribution in [0.2, 0.25) is 0 Å². The topological polar surface area (TPSA) is 0 Å². The summed E-state index contributed by atoms with van der Waals surface area (Å²) < 4.78 is 42.6. The lowest BCUT2D eigenvalue weighted by Crippen LogP contribution is -2.14. The molecule has 1 aliphatic rings. The van der Waals surface area contributed by atoms with Gasteiger partial charge >= 0.3 is 0 Å². The van der Waals surface area contributed by atoms with Crippen LogP contribution in [0.5, 0.6) is 0 Å². The molecule has 0 aliphatic heterocycles. The Morgan fingerprint density at radius 1 is 0.781 bits per heavy atom. The minimum absolute atomic E-state index is 0.153. The molecule has 3 aromatic rings. The summed E-state index contributed by atoms with van der Waals surface area (Å²) in [6.45, 7) is 2.06. The van der Waals surface area contributed by atoms with E-state index in [0.29, 0.717) is 11.5 Å². The number of halogens is 3. The highest BCUT2D eigenvalue weighted by Crippen LogP contribution is 2.39. The second-order valence-electron chi connectivity index (χ2n) is 8.78. The van der Waals surface area contributed by atoms with Crippen molar-refractivity contribution in [2.45, 2.75) is 51.4 Å². The first-order chi connectivity index (χ1) is 15.6. The van der Waals surface area contributed by atoms with Gasteiger partial charge in [-0.15, -0.1) is 0 Å². The molecule has 0 atom stereocenters. The van der Waals surface area contributed by atoms with Crippen LogP contribution >= 0.6 is 0 Å². The molecule has 166 valence electrons. The van der Waals surface area contributed by atoms with E-state index in [1.807, 2.05) is 24.3 Å². The van der Waals surface area contributed by atoms with Gasteiger partial charge in [-0.1, -0.05) is 60.7 Å². The molecule has 1 saturated carbocycles. The summed E-state index contributed by atoms with van der Waals surface area (Å²) >= 11 is 0. The second kappa shape index (κ2) is 10.2. The molecule has 3 heteroatoms. The molecular weight excluding hydrogens is 405 g/mol. The fourth-order valence-electron chi connectivity index (χ4n) is 4.87. The van der Waals surface area contributed by atoms with Gasteiger partial charge in [0, 0.05) is 5.56 Å². The largest absolute Gasteiger partial charge is 0.207 e. The first kappa shape index (κ1) is 22.4. The summed E-state index contributed by atoms with van der Waals surface area (Å²) in [5.74, 6) is -0.824. The molecule has 1 fully saturated rings. The van der Waals surface area contributed by atoms with E-state index >= 15 is 4.39 Å². The van der Waals surface area contributed by atoms with Gasteiger partial charge in [0.15, 0.2) is 11.6 Å². The van der Waals surface area contributed by atoms with Gasteiger partial charge in [0.25, 0.3) is 0 Å². The molecule has 1 aliphatic carbocycles. The summed E-state index contributed by atoms with van der Waals surface area (Å²) in [6, 6.07) is 16.8. The minimum atomic E-state index is -0.865. The fraction of sp³-hybridized carbons (Fsp3) is 0.310. The molecule has 0 bridgehead atoms. The van der Waals surface area contributed by atoms with Crippen LogP contribution in [0.1, 0.15) is 56.9 Å². The standard InChI is InChI=1S/C29H29F3/c1-2-3-4-6-20-9-11-22(12-10-20)25-18-17-24(19-28(25)31)21-13-15-23(16-14-21)26-7-5-8-27(30)29(26)32/h2-3,5,7-8,13-20,22H,4,6,9-12H2,1H3/b3-2+. The van der Waals surface area contributed by atoms with E-state index in [1.165, 1.54) is 25.3 Å². The van der Waals surface area contributed by atoms with Crippen molar-refractivity contribution in [3.05, 3.63) is 95.8 Å². The number of allylic oxidation sites excluding steroid dienone is 2. The molecular formula is C29H29F3. The van der Waals surface area contributed by atoms with Crippen molar-refractivity contribution < 1.29 is 13.2 Å². The van der Waals surface area contributed by atoms with E-state index in [0.717, 1.165) is 47.9 Å². The third-order valence-electron chi connectivity index (χ3n) is 6.75. The van der Waals surface area contributed by atoms with Crippen molar-refractivity contribution in [2.24, 2.45) is 5.92 Å². The van der Waals surface area contributed by atoms with Gasteiger partial charge in [-0.3, -0.25) is 0 Å². The first-order valence-corrected chi connectivity index (χ1v) is 11.5. The molecule has 0 aromatic heterocycles. The number of benzene rings is 3. The minimum Gasteiger partial charge on any atom is -0.207 e. The van der Waals surface area contributed by atoms with Crippen LogP contribution in [-0.2, 0) is 0 Å². The Kier molecular flexibility index (Phi) is 7.14. The van der Waals surface area contributed by atoms with Gasteiger partial charge < -0.3 is 0 Å². The summed E-state index contributed by atoms with van der Waals surface area (Å²) in [5.41, 5.74) is 3.27. The van der Waals surface area contributed by atoms with E-state index < -0.39 is 11.6 Å². The quantitative estimate of drug-likeness (QED) is 0.339. The first-order valence-electron chi connectivity index (χ1n) is 11.5. The Morgan fingerprint density at radius 3 is 2.16 bits per heavy atom. The van der Waals surface area contributed by atoms with Gasteiger partial charge in [-0.25, -0.2) is 13.2 Å². The molecule has 3 aromatic carbocycles. The third kappa shape index (κ3) is 4.98. The molecule has 4 rings (SSSR count). The Balaban J connectivity index is 1.45. The summed E-state index contributed by atoms with van der Waals surface area (Å²) in [6.07, 6.45) is 11.1. The monoisotopic (exact) mass is 434 g/mol. The van der Waals surface area contributed by atoms with Gasteiger partial charge in [-0.2, -0.15) is 0 Å². The highest BCUT2D eigenvalue weighted by Gasteiger charge is 2.24. The lowest BCUT2D eigenvalue weighted by molar-refractivity contribution is 0.308. The maximum absolute atomic E-state index is 15.0. The average Bonchev–Trinajstić information content (AvgIpc) is 2.82. The van der Waals surface area contributed by atoms with E-state index in [9.17, 15) is 8.78 Å². The molecule has 0 unspecified atom stereocenters. The highest BCUT2D eigenvalue weighted by molar-refractivity contribution is 5.71. The third-order valence-corrected chi connectivity index (χ3v) is 6.75. The van der Waals surface area contributed by atoms with Crippen molar-refractivity contribution in [3.8, 4) is 22.3 Å². The predicted molar refractivity (Wildman–Crippen MR) is 126 cm³/mol. The fourth-order valence-corrected chi connectivity index (χ4v) is 4.87. The molecule has 0 radical (unpaired) electrons. The Labute approximate surface area is 188 Å². The van der Waals surface area contributed by atoms with E-state index in [4.69, 9.17) is 0 Å². The second-order valence-corrected chi connectivity index (χ2v) is 8.78. The van der Waals surface area contributed by atoms with Crippen LogP contribution in [0, 0.1) is 23.4 Å². The van der Waals surface area contributed by atoms with Crippen molar-refractivity contribution in [1.82, 2.24) is 0 Å². The van der Waals surface area contributed by atoms with E-state index in [-0.39, 0.29) is 11.4 Å². The van der Waals surface area contributed by atoms with Gasteiger partial charge in [-0.05, 0) is 91.7 Å². The number of hydrogen-bond acceptors (Lipinski definition) is 0. The predicted octanol–water partition coefficient (Wildman–Crippen LogP) is 9.07. The van der Waals surface area contributed by atoms with Crippen molar-refractivity contribution >= 4 is 0 Å². The Morgan fingerprint density at radius 2 is 1.47 bits per heavy atom. The van der Waals surface area contributed by atoms with Crippen LogP contribution in [0.3, 0.4) is 0 Å². The normalized spacial score (nSPS) is 18.9. The summed E-state index contributed by atoms with van der Waals surface area (Å²) in [5, 5.41) is 0. The molecule has 0 N–H and O–H groups in total. The van der Waals surface area contributed by atoms with Gasteiger partial charge in [0.05, 0.1) is 0 Å². The van der Waals surface area contributed by atoms with Gasteiger partial charge in [0.1, 0.15) is 5.82 Å². The van der Waals surface area contributed by atoms with Crippen LogP contribution < -0.4 is 0 Å². The molecule has 0 saturated heterocycles. The van der Waals surface area contributed by atoms with Crippen molar-refractivity contribution in [3.63, 3.8) is 0 Å². The highest BCUT2D eigenvalue weighted by atomic mass is 19.2. The average molecular weight is 435 g/mol. The Bertz CT molecular complexity index is 1070. The number of hydrogen-bond donors (Lipinski definition) is 0. The zero-order chi connectivity index (χ0) is 22.5. The molecule has 0 amide bonds. The lowest BCUT2D eigenvalue weighted by Gasteiger charge is -2.29. The number of rotatable bonds is 6. The summed E-state index contributed by atoms with van der Waals surface area (Å²) in [4.78, 5) is 0. The molecule has 0 spiro atoms. The smallest absolute Gasteiger partial charge is 0.166 e. The maximum atomic E-state index is 15.0. The van der Waals surface area contributed by atoms with Gasteiger partial charge in [0.2, 0.25) is 0 Å². The van der Waals surface area contributed by atoms with E-state index in [1.54, 1.807) is 24.3 Å². The van der Waals surface area contributed by atoms with Crippen molar-refractivity contribution in [1.29, 1.82) is 0 Å². The van der Waals surface area contributed by atoms with E-state index in [2.05, 4.69) is 19.1 Å². The molecule has 32 heavy (non-hydrogen) atoms. The van der Waals surface area contributed by atoms with Crippen LogP contribution in [0.25, 0.3) is 22.3 Å². The lowest BCUT2D eigenvalue weighted by atomic mass is 9.77. The molecule has 0 nitrogen and oxygen atoms in total. The summed E-state index contributed by atoms with van der Waals surface area (Å²) in [7, 11) is 0. The van der Waals surface area contributed by atoms with Crippen molar-refractivity contribution in [2.75, 3.05) is 0 Å². The maximum Gasteiger partial charge on any atom is 0.166 e. The SMILES string of the molecule is C/C=C/CCC1CCC(c2ccc(-c3ccc(-c4cccc(F)c4F)cc3)cc2F)CC1. The Hall–Kier alpha value is -2.81. The van der Waals surface area contributed by atoms with Crippen LogP contribution in [-0.4, -0.2) is 0 Å².